The summed E-state index contributed by atoms with van der Waals surface area (Å²) < 4.78 is 0. The zero-order valence-electron chi connectivity index (χ0n) is 9.70. The van der Waals surface area contributed by atoms with Crippen LogP contribution in [-0.2, 0) is 10.2 Å². The first-order valence-electron chi connectivity index (χ1n) is 5.85. The summed E-state index contributed by atoms with van der Waals surface area (Å²) in [5, 5.41) is 20.4. The molecule has 1 aromatic rings. The van der Waals surface area contributed by atoms with Crippen LogP contribution in [0.5, 0.6) is 0 Å². The van der Waals surface area contributed by atoms with E-state index in [0.717, 1.165) is 12.8 Å². The molecule has 1 aliphatic carbocycles. The molecule has 2 rings (SSSR count). The van der Waals surface area contributed by atoms with Gasteiger partial charge in [0.1, 0.15) is 5.41 Å². The van der Waals surface area contributed by atoms with Gasteiger partial charge in [0, 0.05) is 0 Å². The van der Waals surface area contributed by atoms with Crippen LogP contribution in [-0.4, -0.2) is 22.3 Å². The van der Waals surface area contributed by atoms with Gasteiger partial charge in [0.2, 0.25) is 0 Å². The predicted molar refractivity (Wildman–Crippen MR) is 70.3 cm³/mol. The Morgan fingerprint density at radius 3 is 2.56 bits per heavy atom. The summed E-state index contributed by atoms with van der Waals surface area (Å²) in [6, 6.07) is 4.76. The minimum Gasteiger partial charge on any atom is -0.481 e. The molecule has 1 unspecified atom stereocenters. The maximum absolute atomic E-state index is 11.6. The summed E-state index contributed by atoms with van der Waals surface area (Å²) in [5.41, 5.74) is -0.733. The summed E-state index contributed by atoms with van der Waals surface area (Å²) >= 11 is 11.8. The highest BCUT2D eigenvalue weighted by molar-refractivity contribution is 6.42. The number of aliphatic carboxylic acids is 1. The molecule has 0 bridgehead atoms. The highest BCUT2D eigenvalue weighted by atomic mass is 35.5. The fourth-order valence-electron chi connectivity index (χ4n) is 2.64. The fourth-order valence-corrected chi connectivity index (χ4v) is 2.94. The SMILES string of the molecule is O=C(O)C1(c2ccc(Cl)c(Cl)c2)CCCC[C@H]1O. The standard InChI is InChI=1S/C13H14Cl2O3/c14-9-5-4-8(7-10(9)15)13(12(17)18)6-2-1-3-11(13)16/h4-5,7,11,16H,1-3,6H2,(H,17,18)/t11-,13?/m1/s1. The molecule has 0 aliphatic heterocycles. The molecule has 1 saturated carbocycles. The van der Waals surface area contributed by atoms with Gasteiger partial charge in [-0.15, -0.1) is 0 Å². The fraction of sp³-hybridized carbons (Fsp3) is 0.462. The normalized spacial score (nSPS) is 28.1. The highest BCUT2D eigenvalue weighted by Crippen LogP contribution is 2.41. The van der Waals surface area contributed by atoms with Gasteiger partial charge in [-0.2, -0.15) is 0 Å². The lowest BCUT2D eigenvalue weighted by atomic mass is 9.67. The molecule has 0 spiro atoms. The summed E-state index contributed by atoms with van der Waals surface area (Å²) in [5.74, 6) is -1.01. The van der Waals surface area contributed by atoms with E-state index in [2.05, 4.69) is 0 Å². The molecule has 0 saturated heterocycles. The predicted octanol–water partition coefficient (Wildman–Crippen LogP) is 3.25. The highest BCUT2D eigenvalue weighted by Gasteiger charge is 2.48. The number of carbonyl (C=O) groups is 1. The van der Waals surface area contributed by atoms with Crippen LogP contribution in [0.3, 0.4) is 0 Å². The summed E-state index contributed by atoms with van der Waals surface area (Å²) in [6.07, 6.45) is 1.65. The molecular formula is C13H14Cl2O3. The lowest BCUT2D eigenvalue weighted by molar-refractivity contribution is -0.151. The largest absolute Gasteiger partial charge is 0.481 e. The molecular weight excluding hydrogens is 275 g/mol. The van der Waals surface area contributed by atoms with Crippen LogP contribution in [0.4, 0.5) is 0 Å². The second-order valence-electron chi connectivity index (χ2n) is 4.67. The van der Waals surface area contributed by atoms with Crippen LogP contribution in [0.2, 0.25) is 10.0 Å². The van der Waals surface area contributed by atoms with Crippen molar-refractivity contribution in [2.45, 2.75) is 37.2 Å². The monoisotopic (exact) mass is 288 g/mol. The first-order chi connectivity index (χ1) is 8.48. The van der Waals surface area contributed by atoms with Crippen molar-refractivity contribution in [3.63, 3.8) is 0 Å². The molecule has 0 radical (unpaired) electrons. The van der Waals surface area contributed by atoms with Gasteiger partial charge < -0.3 is 10.2 Å². The van der Waals surface area contributed by atoms with Gasteiger partial charge in [0.25, 0.3) is 0 Å². The summed E-state index contributed by atoms with van der Waals surface area (Å²) in [7, 11) is 0. The smallest absolute Gasteiger partial charge is 0.316 e. The quantitative estimate of drug-likeness (QED) is 0.878. The second kappa shape index (κ2) is 5.08. The zero-order valence-corrected chi connectivity index (χ0v) is 11.2. The molecule has 1 aromatic carbocycles. The van der Waals surface area contributed by atoms with Crippen molar-refractivity contribution in [1.82, 2.24) is 0 Å². The van der Waals surface area contributed by atoms with Crippen molar-refractivity contribution in [3.05, 3.63) is 33.8 Å². The Labute approximate surface area is 115 Å². The number of benzene rings is 1. The van der Waals surface area contributed by atoms with Crippen LogP contribution < -0.4 is 0 Å². The molecule has 3 nitrogen and oxygen atoms in total. The van der Waals surface area contributed by atoms with Crippen molar-refractivity contribution in [3.8, 4) is 0 Å². The van der Waals surface area contributed by atoms with Gasteiger partial charge >= 0.3 is 5.97 Å². The van der Waals surface area contributed by atoms with Crippen molar-refractivity contribution < 1.29 is 15.0 Å². The van der Waals surface area contributed by atoms with Crippen molar-refractivity contribution in [2.24, 2.45) is 0 Å². The number of rotatable bonds is 2. The first kappa shape index (κ1) is 13.7. The van der Waals surface area contributed by atoms with E-state index in [0.29, 0.717) is 28.5 Å². The van der Waals surface area contributed by atoms with Gasteiger partial charge in [-0.25, -0.2) is 0 Å². The van der Waals surface area contributed by atoms with Gasteiger partial charge in [-0.1, -0.05) is 42.1 Å². The van der Waals surface area contributed by atoms with E-state index >= 15 is 0 Å². The minimum atomic E-state index is -1.26. The molecule has 5 heteroatoms. The molecule has 1 aliphatic rings. The Bertz CT molecular complexity index is 475. The molecule has 0 aromatic heterocycles. The molecule has 18 heavy (non-hydrogen) atoms. The number of aliphatic hydroxyl groups excluding tert-OH is 1. The van der Waals surface area contributed by atoms with Crippen molar-refractivity contribution in [1.29, 1.82) is 0 Å². The third-order valence-corrected chi connectivity index (χ3v) is 4.42. The Morgan fingerprint density at radius 2 is 2.00 bits per heavy atom. The zero-order chi connectivity index (χ0) is 13.3. The number of carboxylic acid groups (broad SMARTS) is 1. The number of aliphatic hydroxyl groups is 1. The van der Waals surface area contributed by atoms with E-state index in [-0.39, 0.29) is 0 Å². The number of halogens is 2. The molecule has 0 heterocycles. The third kappa shape index (κ3) is 2.11. The van der Waals surface area contributed by atoms with E-state index in [9.17, 15) is 15.0 Å². The van der Waals surface area contributed by atoms with Crippen molar-refractivity contribution in [2.75, 3.05) is 0 Å². The van der Waals surface area contributed by atoms with Crippen molar-refractivity contribution >= 4 is 29.2 Å². The van der Waals surface area contributed by atoms with E-state index in [1.807, 2.05) is 0 Å². The Balaban J connectivity index is 2.52. The van der Waals surface area contributed by atoms with E-state index < -0.39 is 17.5 Å². The van der Waals surface area contributed by atoms with E-state index in [1.54, 1.807) is 18.2 Å². The second-order valence-corrected chi connectivity index (χ2v) is 5.48. The maximum atomic E-state index is 11.6. The Kier molecular flexibility index (Phi) is 3.85. The third-order valence-electron chi connectivity index (χ3n) is 3.68. The minimum absolute atomic E-state index is 0.313. The number of hydrogen-bond donors (Lipinski definition) is 2. The van der Waals surface area contributed by atoms with E-state index in [4.69, 9.17) is 23.2 Å². The first-order valence-corrected chi connectivity index (χ1v) is 6.61. The summed E-state index contributed by atoms with van der Waals surface area (Å²) in [4.78, 5) is 11.6. The molecule has 1 fully saturated rings. The van der Waals surface area contributed by atoms with Gasteiger partial charge in [-0.3, -0.25) is 4.79 Å². The topological polar surface area (TPSA) is 57.5 Å². The van der Waals surface area contributed by atoms with Gasteiger partial charge in [0.15, 0.2) is 0 Å². The van der Waals surface area contributed by atoms with Gasteiger partial charge in [-0.05, 0) is 30.5 Å². The molecule has 0 amide bonds. The average molecular weight is 289 g/mol. The van der Waals surface area contributed by atoms with Crippen LogP contribution >= 0.6 is 23.2 Å². The van der Waals surface area contributed by atoms with Crippen LogP contribution in [0.15, 0.2) is 18.2 Å². The lowest BCUT2D eigenvalue weighted by Gasteiger charge is -2.38. The Hall–Kier alpha value is -0.770. The number of carboxylic acids is 1. The average Bonchev–Trinajstić information content (AvgIpc) is 2.33. The van der Waals surface area contributed by atoms with Gasteiger partial charge in [0.05, 0.1) is 16.1 Å². The summed E-state index contributed by atoms with van der Waals surface area (Å²) in [6.45, 7) is 0. The maximum Gasteiger partial charge on any atom is 0.316 e. The molecule has 2 N–H and O–H groups in total. The van der Waals surface area contributed by atoms with Crippen LogP contribution in [0.25, 0.3) is 0 Å². The van der Waals surface area contributed by atoms with Crippen LogP contribution in [0, 0.1) is 0 Å². The number of hydrogen-bond acceptors (Lipinski definition) is 2. The van der Waals surface area contributed by atoms with E-state index in [1.165, 1.54) is 0 Å². The lowest BCUT2D eigenvalue weighted by Crippen LogP contribution is -2.48. The molecule has 98 valence electrons. The van der Waals surface area contributed by atoms with Crippen LogP contribution in [0.1, 0.15) is 31.2 Å². The molecule has 2 atom stereocenters. The Morgan fingerprint density at radius 1 is 1.28 bits per heavy atom.